The van der Waals surface area contributed by atoms with Gasteiger partial charge in [-0.15, -0.1) is 0 Å². The summed E-state index contributed by atoms with van der Waals surface area (Å²) in [6.07, 6.45) is 0. The molecule has 0 spiro atoms. The third-order valence-corrected chi connectivity index (χ3v) is 3.65. The van der Waals surface area contributed by atoms with E-state index in [1.54, 1.807) is 43.4 Å². The molecule has 6 nitrogen and oxygen atoms in total. The first-order valence-corrected chi connectivity index (χ1v) is 8.09. The molecule has 0 aromatic heterocycles. The van der Waals surface area contributed by atoms with Crippen LogP contribution < -0.4 is 15.8 Å². The molecular weight excluding hydrogens is 342 g/mol. The summed E-state index contributed by atoms with van der Waals surface area (Å²) >= 11 is 5.89. The maximum absolute atomic E-state index is 12.1. The molecule has 0 saturated carbocycles. The Bertz CT molecular complexity index is 752. The zero-order valence-electron chi connectivity index (χ0n) is 13.9. The van der Waals surface area contributed by atoms with E-state index in [4.69, 9.17) is 22.1 Å². The second kappa shape index (κ2) is 9.05. The highest BCUT2D eigenvalue weighted by Crippen LogP contribution is 2.17. The second-order valence-electron chi connectivity index (χ2n) is 5.50. The maximum Gasteiger partial charge on any atom is 0.250 e. The first-order chi connectivity index (χ1) is 12.0. The van der Waals surface area contributed by atoms with Crippen LogP contribution in [0.1, 0.15) is 10.4 Å². The molecule has 0 aliphatic heterocycles. The highest BCUT2D eigenvalue weighted by atomic mass is 35.5. The van der Waals surface area contributed by atoms with Gasteiger partial charge >= 0.3 is 0 Å². The molecular formula is C18H20ClN3O3. The molecule has 0 unspecified atom stereocenters. The van der Waals surface area contributed by atoms with E-state index in [1.165, 1.54) is 0 Å². The van der Waals surface area contributed by atoms with Crippen molar-refractivity contribution in [2.45, 2.75) is 0 Å². The van der Waals surface area contributed by atoms with Gasteiger partial charge in [0.2, 0.25) is 5.91 Å². The van der Waals surface area contributed by atoms with Gasteiger partial charge in [-0.25, -0.2) is 0 Å². The zero-order chi connectivity index (χ0) is 18.2. The van der Waals surface area contributed by atoms with Crippen LogP contribution in [-0.2, 0) is 4.79 Å². The van der Waals surface area contributed by atoms with Crippen LogP contribution in [0.25, 0.3) is 0 Å². The van der Waals surface area contributed by atoms with Crippen molar-refractivity contribution in [2.75, 3.05) is 32.1 Å². The minimum absolute atomic E-state index is 0.159. The van der Waals surface area contributed by atoms with Gasteiger partial charge in [-0.2, -0.15) is 0 Å². The van der Waals surface area contributed by atoms with Crippen LogP contribution in [0, 0.1) is 0 Å². The molecule has 7 heteroatoms. The number of primary amides is 1. The summed E-state index contributed by atoms with van der Waals surface area (Å²) in [7, 11) is 1.81. The van der Waals surface area contributed by atoms with Gasteiger partial charge in [0.05, 0.1) is 17.8 Å². The van der Waals surface area contributed by atoms with E-state index in [-0.39, 0.29) is 18.0 Å². The molecule has 3 N–H and O–H groups in total. The fourth-order valence-corrected chi connectivity index (χ4v) is 2.38. The van der Waals surface area contributed by atoms with Crippen molar-refractivity contribution in [3.8, 4) is 5.75 Å². The van der Waals surface area contributed by atoms with E-state index in [0.29, 0.717) is 29.6 Å². The predicted molar refractivity (Wildman–Crippen MR) is 98.0 cm³/mol. The molecule has 0 fully saturated rings. The van der Waals surface area contributed by atoms with Gasteiger partial charge in [-0.3, -0.25) is 14.5 Å². The quantitative estimate of drug-likeness (QED) is 0.756. The van der Waals surface area contributed by atoms with Crippen LogP contribution in [0.4, 0.5) is 5.69 Å². The van der Waals surface area contributed by atoms with E-state index in [9.17, 15) is 9.59 Å². The van der Waals surface area contributed by atoms with Crippen LogP contribution in [0.3, 0.4) is 0 Å². The summed E-state index contributed by atoms with van der Waals surface area (Å²) in [4.78, 5) is 25.3. The lowest BCUT2D eigenvalue weighted by Gasteiger charge is -2.17. The van der Waals surface area contributed by atoms with Crippen LogP contribution in [0.5, 0.6) is 5.75 Å². The number of carbonyl (C=O) groups is 2. The Kier molecular flexibility index (Phi) is 6.80. The molecule has 2 amide bonds. The molecule has 132 valence electrons. The number of rotatable bonds is 8. The number of halogens is 1. The van der Waals surface area contributed by atoms with Crippen LogP contribution >= 0.6 is 11.6 Å². The minimum Gasteiger partial charge on any atom is -0.492 e. The number of ether oxygens (including phenoxy) is 1. The first-order valence-electron chi connectivity index (χ1n) is 7.71. The van der Waals surface area contributed by atoms with Gasteiger partial charge in [0, 0.05) is 11.6 Å². The topological polar surface area (TPSA) is 84.7 Å². The molecule has 0 atom stereocenters. The van der Waals surface area contributed by atoms with E-state index < -0.39 is 5.91 Å². The Morgan fingerprint density at radius 2 is 1.96 bits per heavy atom. The lowest BCUT2D eigenvalue weighted by atomic mass is 10.1. The van der Waals surface area contributed by atoms with Crippen molar-refractivity contribution < 1.29 is 14.3 Å². The number of para-hydroxylation sites is 1. The molecule has 0 bridgehead atoms. The SMILES string of the molecule is CN(CCOc1cccc(Cl)c1)CC(=O)Nc1ccccc1C(N)=O. The van der Waals surface area contributed by atoms with Gasteiger partial charge in [0.25, 0.3) is 5.91 Å². The van der Waals surface area contributed by atoms with Crippen molar-refractivity contribution in [3.63, 3.8) is 0 Å². The Hall–Kier alpha value is -2.57. The highest BCUT2D eigenvalue weighted by Gasteiger charge is 2.12. The fraction of sp³-hybridized carbons (Fsp3) is 0.222. The monoisotopic (exact) mass is 361 g/mol. The molecule has 2 rings (SSSR count). The summed E-state index contributed by atoms with van der Waals surface area (Å²) < 4.78 is 5.59. The van der Waals surface area contributed by atoms with Crippen molar-refractivity contribution in [2.24, 2.45) is 5.73 Å². The fourth-order valence-electron chi connectivity index (χ4n) is 2.20. The number of hydrogen-bond acceptors (Lipinski definition) is 4. The lowest BCUT2D eigenvalue weighted by molar-refractivity contribution is -0.117. The summed E-state index contributed by atoms with van der Waals surface area (Å²) in [6.45, 7) is 1.13. The number of likely N-dealkylation sites (N-methyl/N-ethyl adjacent to an activating group) is 1. The first kappa shape index (κ1) is 18.8. The third-order valence-electron chi connectivity index (χ3n) is 3.42. The molecule has 2 aromatic rings. The van der Waals surface area contributed by atoms with Crippen molar-refractivity contribution in [1.29, 1.82) is 0 Å². The molecule has 2 aromatic carbocycles. The third kappa shape index (κ3) is 6.10. The average Bonchev–Trinajstić information content (AvgIpc) is 2.55. The number of carbonyl (C=O) groups excluding carboxylic acids is 2. The van der Waals surface area contributed by atoms with Crippen LogP contribution in [0.2, 0.25) is 5.02 Å². The number of anilines is 1. The highest BCUT2D eigenvalue weighted by molar-refractivity contribution is 6.30. The maximum atomic E-state index is 12.1. The average molecular weight is 362 g/mol. The summed E-state index contributed by atoms with van der Waals surface area (Å²) in [5.74, 6) is -0.140. The Labute approximate surface area is 151 Å². The van der Waals surface area contributed by atoms with Crippen molar-refractivity contribution >= 4 is 29.1 Å². The van der Waals surface area contributed by atoms with Gasteiger partial charge in [-0.1, -0.05) is 29.8 Å². The van der Waals surface area contributed by atoms with Crippen molar-refractivity contribution in [1.82, 2.24) is 4.90 Å². The predicted octanol–water partition coefficient (Wildman–Crippen LogP) is 2.39. The number of nitrogens with zero attached hydrogens (tertiary/aromatic N) is 1. The van der Waals surface area contributed by atoms with Crippen molar-refractivity contribution in [3.05, 3.63) is 59.1 Å². The van der Waals surface area contributed by atoms with E-state index >= 15 is 0 Å². The van der Waals surface area contributed by atoms with E-state index in [2.05, 4.69) is 5.32 Å². The number of nitrogens with one attached hydrogen (secondary N) is 1. The smallest absolute Gasteiger partial charge is 0.250 e. The molecule has 0 heterocycles. The van der Waals surface area contributed by atoms with Gasteiger partial charge in [-0.05, 0) is 37.4 Å². The molecule has 0 aliphatic rings. The molecule has 0 aliphatic carbocycles. The lowest BCUT2D eigenvalue weighted by Crippen LogP contribution is -2.33. The second-order valence-corrected chi connectivity index (χ2v) is 5.94. The molecule has 25 heavy (non-hydrogen) atoms. The minimum atomic E-state index is -0.584. The standard InChI is InChI=1S/C18H20ClN3O3/c1-22(9-10-25-14-6-4-5-13(19)11-14)12-17(23)21-16-8-3-2-7-15(16)18(20)24/h2-8,11H,9-10,12H2,1H3,(H2,20,24)(H,21,23). The number of hydrogen-bond donors (Lipinski definition) is 2. The van der Waals surface area contributed by atoms with Crippen LogP contribution in [0.15, 0.2) is 48.5 Å². The molecule has 0 radical (unpaired) electrons. The number of nitrogens with two attached hydrogens (primary N) is 1. The normalized spacial score (nSPS) is 10.5. The zero-order valence-corrected chi connectivity index (χ0v) is 14.6. The Morgan fingerprint density at radius 3 is 2.68 bits per heavy atom. The summed E-state index contributed by atoms with van der Waals surface area (Å²) in [6, 6.07) is 13.8. The van der Waals surface area contributed by atoms with E-state index in [1.807, 2.05) is 17.0 Å². The Morgan fingerprint density at radius 1 is 1.20 bits per heavy atom. The van der Waals surface area contributed by atoms with Crippen LogP contribution in [-0.4, -0.2) is 43.5 Å². The molecule has 0 saturated heterocycles. The van der Waals surface area contributed by atoms with Gasteiger partial charge in [0.1, 0.15) is 12.4 Å². The largest absolute Gasteiger partial charge is 0.492 e. The number of amides is 2. The van der Waals surface area contributed by atoms with Gasteiger partial charge in [0.15, 0.2) is 0 Å². The Balaban J connectivity index is 1.79. The van der Waals surface area contributed by atoms with E-state index in [0.717, 1.165) is 0 Å². The summed E-state index contributed by atoms with van der Waals surface area (Å²) in [5.41, 5.74) is 5.98. The summed E-state index contributed by atoms with van der Waals surface area (Å²) in [5, 5.41) is 3.31. The number of benzene rings is 2. The van der Waals surface area contributed by atoms with Gasteiger partial charge < -0.3 is 15.8 Å².